The van der Waals surface area contributed by atoms with Gasteiger partial charge in [0.25, 0.3) is 11.3 Å². The Kier molecular flexibility index (Phi) is 11.7. The first-order valence-electron chi connectivity index (χ1n) is 18.9. The minimum atomic E-state index is -2.56. The van der Waals surface area contributed by atoms with Crippen molar-refractivity contribution in [1.29, 1.82) is 0 Å². The second-order valence-corrected chi connectivity index (χ2v) is 16.6. The number of anilines is 2. The van der Waals surface area contributed by atoms with Crippen molar-refractivity contribution >= 4 is 45.4 Å². The molecular weight excluding hydrogens is 729 g/mol. The topological polar surface area (TPSA) is 126 Å². The lowest BCUT2D eigenvalue weighted by molar-refractivity contribution is -0.156. The van der Waals surface area contributed by atoms with Crippen molar-refractivity contribution in [2.75, 3.05) is 74.8 Å². The molecule has 0 aliphatic carbocycles. The lowest BCUT2D eigenvalue weighted by Crippen LogP contribution is -2.49. The smallest absolute Gasteiger partial charge is 0.320 e. The number of ketones is 1. The number of aromatic nitrogens is 2. The molecule has 12 nitrogen and oxygen atoms in total. The molecule has 4 aromatic rings. The number of H-pyrrole nitrogens is 1. The predicted octanol–water partition coefficient (Wildman–Crippen LogP) is 5.68. The van der Waals surface area contributed by atoms with Crippen LogP contribution in [0.3, 0.4) is 0 Å². The summed E-state index contributed by atoms with van der Waals surface area (Å²) in [5.41, 5.74) is 2.89. The Morgan fingerprint density at radius 3 is 2.33 bits per heavy atom. The maximum Gasteiger partial charge on any atom is 0.320 e. The minimum Gasteiger partial charge on any atom is -0.459 e. The highest BCUT2D eigenvalue weighted by molar-refractivity contribution is 7.80. The second kappa shape index (κ2) is 16.4. The lowest BCUT2D eigenvalue weighted by Gasteiger charge is -2.39. The Morgan fingerprint density at radius 2 is 1.67 bits per heavy atom. The van der Waals surface area contributed by atoms with Gasteiger partial charge in [-0.2, -0.15) is 4.41 Å². The van der Waals surface area contributed by atoms with Crippen LogP contribution in [0.4, 0.5) is 20.2 Å². The highest BCUT2D eigenvalue weighted by Crippen LogP contribution is 2.31. The summed E-state index contributed by atoms with van der Waals surface area (Å²) in [4.78, 5) is 40.7. The van der Waals surface area contributed by atoms with E-state index in [1.54, 1.807) is 6.20 Å². The van der Waals surface area contributed by atoms with Gasteiger partial charge in [0, 0.05) is 73.9 Å². The standard InChI is InChI=1S/C40H49F2N7O5S/c1-40(2,3)54-37(50)26-45-13-10-27(11-14-45)24-46-16-18-47(19-17-46)31-6-4-28(5-7-31)29-20-33-35(23-44-39(33)43-22-29)38(51)34-21-32(8-9-36(34)42)49(55(52)53)48-15-12-30(41)25-48/h4-9,20-23,27,30H,10-19,24-26H2,1-3H3,(H,43,44)(H,52,53)/t30-/m1/s1. The van der Waals surface area contributed by atoms with Crippen LogP contribution in [0.15, 0.2) is 60.9 Å². The molecule has 0 spiro atoms. The zero-order valence-electron chi connectivity index (χ0n) is 31.5. The van der Waals surface area contributed by atoms with E-state index in [1.165, 1.54) is 23.3 Å². The number of pyridine rings is 1. The van der Waals surface area contributed by atoms with E-state index in [-0.39, 0.29) is 42.3 Å². The van der Waals surface area contributed by atoms with Gasteiger partial charge in [0.1, 0.15) is 23.2 Å². The van der Waals surface area contributed by atoms with Crippen molar-refractivity contribution in [2.24, 2.45) is 5.92 Å². The van der Waals surface area contributed by atoms with Crippen LogP contribution < -0.4 is 9.31 Å². The normalized spacial score (nSPS) is 19.9. The number of nitrogens with zero attached hydrogens (tertiary/aromatic N) is 6. The van der Waals surface area contributed by atoms with Gasteiger partial charge in [0.15, 0.2) is 5.78 Å². The number of piperidine rings is 1. The number of esters is 1. The van der Waals surface area contributed by atoms with Gasteiger partial charge in [-0.3, -0.25) is 23.9 Å². The monoisotopic (exact) mass is 777 g/mol. The van der Waals surface area contributed by atoms with E-state index in [0.29, 0.717) is 23.5 Å². The zero-order chi connectivity index (χ0) is 38.9. The number of halogens is 2. The van der Waals surface area contributed by atoms with E-state index in [2.05, 4.69) is 36.8 Å². The van der Waals surface area contributed by atoms with Crippen molar-refractivity contribution in [3.05, 3.63) is 77.9 Å². The Morgan fingerprint density at radius 1 is 0.945 bits per heavy atom. The first-order chi connectivity index (χ1) is 26.3. The van der Waals surface area contributed by atoms with E-state index in [1.807, 2.05) is 39.0 Å². The van der Waals surface area contributed by atoms with Crippen molar-refractivity contribution in [1.82, 2.24) is 24.8 Å². The molecule has 1 unspecified atom stereocenters. The Labute approximate surface area is 322 Å². The van der Waals surface area contributed by atoms with Gasteiger partial charge in [-0.05, 0) is 101 Å². The number of carbonyl (C=O) groups excluding carboxylic acids is 2. The third-order valence-electron chi connectivity index (χ3n) is 10.6. The number of carbonyl (C=O) groups is 2. The average Bonchev–Trinajstić information content (AvgIpc) is 3.78. The molecule has 294 valence electrons. The number of piperazine rings is 1. The maximum absolute atomic E-state index is 15.2. The molecule has 2 aromatic carbocycles. The molecule has 0 amide bonds. The number of aromatic amines is 1. The van der Waals surface area contributed by atoms with Gasteiger partial charge in [-0.15, -0.1) is 0 Å². The maximum atomic E-state index is 15.2. The van der Waals surface area contributed by atoms with Crippen LogP contribution in [0.25, 0.3) is 22.2 Å². The Bertz CT molecular complexity index is 2020. The second-order valence-electron chi connectivity index (χ2n) is 15.8. The number of likely N-dealkylation sites (tertiary alicyclic amines) is 1. The van der Waals surface area contributed by atoms with E-state index in [0.717, 1.165) is 85.9 Å². The third kappa shape index (κ3) is 9.24. The molecule has 0 saturated carbocycles. The van der Waals surface area contributed by atoms with Crippen molar-refractivity contribution < 1.29 is 31.9 Å². The fourth-order valence-corrected chi connectivity index (χ4v) is 8.46. The van der Waals surface area contributed by atoms with Crippen molar-refractivity contribution in [3.8, 4) is 11.1 Å². The number of hydrogen-bond acceptors (Lipinski definition) is 9. The molecule has 15 heteroatoms. The molecule has 5 heterocycles. The summed E-state index contributed by atoms with van der Waals surface area (Å²) in [5, 5.41) is 1.91. The number of alkyl halides is 1. The largest absolute Gasteiger partial charge is 0.459 e. The fraction of sp³-hybridized carbons (Fsp3) is 0.475. The van der Waals surface area contributed by atoms with Gasteiger partial charge in [0.2, 0.25) is 0 Å². The summed E-state index contributed by atoms with van der Waals surface area (Å²) in [7, 11) is 0. The Balaban J connectivity index is 0.964. The summed E-state index contributed by atoms with van der Waals surface area (Å²) >= 11 is -2.56. The lowest BCUT2D eigenvalue weighted by atomic mass is 9.96. The molecule has 0 bridgehead atoms. The van der Waals surface area contributed by atoms with E-state index < -0.39 is 34.6 Å². The molecule has 2 atom stereocenters. The molecule has 3 saturated heterocycles. The van der Waals surface area contributed by atoms with Crippen LogP contribution in [0.1, 0.15) is 56.0 Å². The van der Waals surface area contributed by atoms with Crippen molar-refractivity contribution in [2.45, 2.75) is 51.8 Å². The zero-order valence-corrected chi connectivity index (χ0v) is 32.4. The number of hydrogen-bond donors (Lipinski definition) is 2. The third-order valence-corrected chi connectivity index (χ3v) is 11.4. The number of benzene rings is 2. The average molecular weight is 778 g/mol. The molecular formula is C40H49F2N7O5S. The highest BCUT2D eigenvalue weighted by atomic mass is 32.2. The van der Waals surface area contributed by atoms with Crippen LogP contribution in [0.2, 0.25) is 0 Å². The Hall–Kier alpha value is -4.28. The van der Waals surface area contributed by atoms with Crippen molar-refractivity contribution in [3.63, 3.8) is 0 Å². The molecule has 7 rings (SSSR count). The summed E-state index contributed by atoms with van der Waals surface area (Å²) in [6, 6.07) is 13.7. The molecule has 0 radical (unpaired) electrons. The molecule has 2 aromatic heterocycles. The first-order valence-corrected chi connectivity index (χ1v) is 20.0. The molecule has 3 fully saturated rings. The highest BCUT2D eigenvalue weighted by Gasteiger charge is 2.32. The van der Waals surface area contributed by atoms with Gasteiger partial charge in [-0.1, -0.05) is 12.1 Å². The first kappa shape index (κ1) is 39.0. The minimum absolute atomic E-state index is 0.0805. The fourth-order valence-electron chi connectivity index (χ4n) is 7.82. The van der Waals surface area contributed by atoms with E-state index in [9.17, 15) is 22.7 Å². The van der Waals surface area contributed by atoms with Gasteiger partial charge >= 0.3 is 5.97 Å². The molecule has 2 N–H and O–H groups in total. The van der Waals surface area contributed by atoms with E-state index in [4.69, 9.17) is 4.74 Å². The summed E-state index contributed by atoms with van der Waals surface area (Å²) in [6.07, 6.45) is 4.44. The summed E-state index contributed by atoms with van der Waals surface area (Å²) < 4.78 is 57.8. The van der Waals surface area contributed by atoms with Gasteiger partial charge in [-0.25, -0.2) is 23.0 Å². The van der Waals surface area contributed by atoms with Crippen LogP contribution in [-0.2, 0) is 20.8 Å². The van der Waals surface area contributed by atoms with Gasteiger partial charge < -0.3 is 14.6 Å². The van der Waals surface area contributed by atoms with Crippen LogP contribution >= 0.6 is 0 Å². The van der Waals surface area contributed by atoms with Crippen LogP contribution in [-0.4, -0.2) is 123 Å². The molecule has 3 aliphatic heterocycles. The van der Waals surface area contributed by atoms with Crippen LogP contribution in [0, 0.1) is 11.7 Å². The summed E-state index contributed by atoms with van der Waals surface area (Å²) in [5.74, 6) is -0.925. The number of fused-ring (bicyclic) bond motifs is 1. The number of hydrazine groups is 1. The van der Waals surface area contributed by atoms with Gasteiger partial charge in [0.05, 0.1) is 24.3 Å². The SMILES string of the molecule is CC(C)(C)OC(=O)CN1CCC(CN2CCN(c3ccc(-c4cnc5[nH]cc(C(=O)c6cc(N(N7CC[C@@H](F)C7)S(=O)O)ccc6F)c5c4)cc3)CC2)CC1. The summed E-state index contributed by atoms with van der Waals surface area (Å²) in [6.45, 7) is 12.9. The molecule has 3 aliphatic rings. The number of nitrogens with one attached hydrogen (secondary N) is 1. The molecule has 55 heavy (non-hydrogen) atoms. The number of ether oxygens (including phenoxy) is 1. The quantitative estimate of drug-likeness (QED) is 0.112. The predicted molar refractivity (Wildman–Crippen MR) is 209 cm³/mol. The van der Waals surface area contributed by atoms with E-state index >= 15 is 4.39 Å². The van der Waals surface area contributed by atoms with Crippen LogP contribution in [0.5, 0.6) is 0 Å². The number of rotatable bonds is 11.